The summed E-state index contributed by atoms with van der Waals surface area (Å²) in [6.45, 7) is 2.93. The van der Waals surface area contributed by atoms with E-state index in [-0.39, 0.29) is 6.04 Å². The van der Waals surface area contributed by atoms with Crippen molar-refractivity contribution in [2.24, 2.45) is 0 Å². The van der Waals surface area contributed by atoms with Crippen LogP contribution in [0.4, 0.5) is 0 Å². The van der Waals surface area contributed by atoms with E-state index in [1.807, 2.05) is 31.2 Å². The zero-order valence-corrected chi connectivity index (χ0v) is 9.86. The first-order valence-corrected chi connectivity index (χ1v) is 5.73. The smallest absolute Gasteiger partial charge is 0.119 e. The van der Waals surface area contributed by atoms with Gasteiger partial charge in [0, 0.05) is 12.5 Å². The second kappa shape index (κ2) is 4.44. The van der Waals surface area contributed by atoms with Crippen molar-refractivity contribution in [3.05, 3.63) is 29.8 Å². The lowest BCUT2D eigenvalue weighted by molar-refractivity contribution is 0.0335. The third-order valence-electron chi connectivity index (χ3n) is 3.46. The van der Waals surface area contributed by atoms with Gasteiger partial charge in [0.1, 0.15) is 5.75 Å². The number of hydrogen-bond donors (Lipinski definition) is 2. The fourth-order valence-corrected chi connectivity index (χ4v) is 2.29. The minimum absolute atomic E-state index is 0.152. The van der Waals surface area contributed by atoms with Crippen LogP contribution in [-0.2, 0) is 6.42 Å². The molecular formula is C13H19NO2. The predicted molar refractivity (Wildman–Crippen MR) is 63.7 cm³/mol. The molecule has 0 amide bonds. The Kier molecular flexibility index (Phi) is 3.17. The minimum atomic E-state index is -0.619. The van der Waals surface area contributed by atoms with Gasteiger partial charge in [0.25, 0.3) is 0 Å². The summed E-state index contributed by atoms with van der Waals surface area (Å²) in [5.74, 6) is 0.847. The molecular weight excluding hydrogens is 202 g/mol. The van der Waals surface area contributed by atoms with Crippen LogP contribution in [0.1, 0.15) is 18.9 Å². The number of rotatable bonds is 3. The van der Waals surface area contributed by atoms with Gasteiger partial charge in [-0.1, -0.05) is 12.1 Å². The SMILES string of the molecule is COc1cccc(CC2(O)CCNC2C)c1. The van der Waals surface area contributed by atoms with Crippen molar-refractivity contribution in [3.63, 3.8) is 0 Å². The lowest BCUT2D eigenvalue weighted by Gasteiger charge is -2.27. The van der Waals surface area contributed by atoms with Crippen LogP contribution in [0.5, 0.6) is 5.75 Å². The van der Waals surface area contributed by atoms with Crippen LogP contribution in [0.15, 0.2) is 24.3 Å². The second-order valence-electron chi connectivity index (χ2n) is 4.56. The van der Waals surface area contributed by atoms with Gasteiger partial charge in [0.05, 0.1) is 12.7 Å². The van der Waals surface area contributed by atoms with Gasteiger partial charge in [-0.05, 0) is 37.6 Å². The van der Waals surface area contributed by atoms with E-state index in [0.29, 0.717) is 6.42 Å². The summed E-state index contributed by atoms with van der Waals surface area (Å²) in [7, 11) is 1.66. The fraction of sp³-hybridized carbons (Fsp3) is 0.538. The Morgan fingerprint density at radius 2 is 2.38 bits per heavy atom. The van der Waals surface area contributed by atoms with Crippen LogP contribution in [0, 0.1) is 0 Å². The number of hydrogen-bond acceptors (Lipinski definition) is 3. The Morgan fingerprint density at radius 1 is 1.56 bits per heavy atom. The third kappa shape index (κ3) is 2.20. The second-order valence-corrected chi connectivity index (χ2v) is 4.56. The highest BCUT2D eigenvalue weighted by atomic mass is 16.5. The maximum atomic E-state index is 10.5. The van der Waals surface area contributed by atoms with Crippen LogP contribution in [0.3, 0.4) is 0 Å². The molecule has 0 aromatic heterocycles. The van der Waals surface area contributed by atoms with Gasteiger partial charge in [-0.3, -0.25) is 0 Å². The first-order valence-electron chi connectivity index (χ1n) is 5.73. The minimum Gasteiger partial charge on any atom is -0.497 e. The van der Waals surface area contributed by atoms with Gasteiger partial charge in [0.2, 0.25) is 0 Å². The van der Waals surface area contributed by atoms with Gasteiger partial charge in [-0.2, -0.15) is 0 Å². The lowest BCUT2D eigenvalue weighted by atomic mass is 9.88. The molecule has 0 bridgehead atoms. The Labute approximate surface area is 96.4 Å². The lowest BCUT2D eigenvalue weighted by Crippen LogP contribution is -2.42. The standard InChI is InChI=1S/C13H19NO2/c1-10-13(15,6-7-14-10)9-11-4-3-5-12(8-11)16-2/h3-5,8,10,14-15H,6-7,9H2,1-2H3. The number of aliphatic hydroxyl groups is 1. The average molecular weight is 221 g/mol. The predicted octanol–water partition coefficient (Wildman–Crippen LogP) is 1.35. The zero-order valence-electron chi connectivity index (χ0n) is 9.86. The summed E-state index contributed by atoms with van der Waals surface area (Å²) >= 11 is 0. The Balaban J connectivity index is 2.13. The molecule has 1 saturated heterocycles. The fourth-order valence-electron chi connectivity index (χ4n) is 2.29. The molecule has 3 heteroatoms. The summed E-state index contributed by atoms with van der Waals surface area (Å²) in [4.78, 5) is 0. The van der Waals surface area contributed by atoms with Gasteiger partial charge in [-0.15, -0.1) is 0 Å². The van der Waals surface area contributed by atoms with Crippen molar-refractivity contribution >= 4 is 0 Å². The monoisotopic (exact) mass is 221 g/mol. The maximum absolute atomic E-state index is 10.5. The number of methoxy groups -OCH3 is 1. The van der Waals surface area contributed by atoms with Crippen molar-refractivity contribution < 1.29 is 9.84 Å². The first kappa shape index (κ1) is 11.4. The molecule has 16 heavy (non-hydrogen) atoms. The number of ether oxygens (including phenoxy) is 1. The molecule has 2 unspecified atom stereocenters. The molecule has 1 heterocycles. The molecule has 2 rings (SSSR count). The van der Waals surface area contributed by atoms with E-state index in [0.717, 1.165) is 24.3 Å². The van der Waals surface area contributed by atoms with Gasteiger partial charge >= 0.3 is 0 Å². The summed E-state index contributed by atoms with van der Waals surface area (Å²) in [5.41, 5.74) is 0.504. The van der Waals surface area contributed by atoms with Gasteiger partial charge in [-0.25, -0.2) is 0 Å². The van der Waals surface area contributed by atoms with E-state index in [1.54, 1.807) is 7.11 Å². The summed E-state index contributed by atoms with van der Waals surface area (Å²) < 4.78 is 5.18. The molecule has 1 fully saturated rings. The molecule has 88 valence electrons. The molecule has 0 spiro atoms. The normalized spacial score (nSPS) is 29.3. The highest BCUT2D eigenvalue weighted by molar-refractivity contribution is 5.30. The van der Waals surface area contributed by atoms with Crippen molar-refractivity contribution in [1.29, 1.82) is 0 Å². The van der Waals surface area contributed by atoms with Crippen LogP contribution >= 0.6 is 0 Å². The molecule has 0 saturated carbocycles. The number of benzene rings is 1. The number of nitrogens with one attached hydrogen (secondary N) is 1. The van der Waals surface area contributed by atoms with E-state index in [1.165, 1.54) is 0 Å². The van der Waals surface area contributed by atoms with E-state index >= 15 is 0 Å². The quantitative estimate of drug-likeness (QED) is 0.809. The average Bonchev–Trinajstić information content (AvgIpc) is 2.59. The van der Waals surface area contributed by atoms with E-state index in [4.69, 9.17) is 4.74 Å². The van der Waals surface area contributed by atoms with Crippen molar-refractivity contribution in [1.82, 2.24) is 5.32 Å². The van der Waals surface area contributed by atoms with Crippen LogP contribution in [0.25, 0.3) is 0 Å². The van der Waals surface area contributed by atoms with Gasteiger partial charge < -0.3 is 15.2 Å². The summed E-state index contributed by atoms with van der Waals surface area (Å²) in [6.07, 6.45) is 1.49. The summed E-state index contributed by atoms with van der Waals surface area (Å²) in [6, 6.07) is 8.06. The Hall–Kier alpha value is -1.06. The third-order valence-corrected chi connectivity index (χ3v) is 3.46. The van der Waals surface area contributed by atoms with E-state index < -0.39 is 5.60 Å². The van der Waals surface area contributed by atoms with Crippen LogP contribution in [0.2, 0.25) is 0 Å². The summed E-state index contributed by atoms with van der Waals surface area (Å²) in [5, 5.41) is 13.8. The Morgan fingerprint density at radius 3 is 3.00 bits per heavy atom. The molecule has 1 aromatic carbocycles. The molecule has 1 aliphatic heterocycles. The van der Waals surface area contributed by atoms with Crippen LogP contribution < -0.4 is 10.1 Å². The molecule has 1 aliphatic rings. The van der Waals surface area contributed by atoms with Gasteiger partial charge in [0.15, 0.2) is 0 Å². The Bertz CT molecular complexity index is 367. The topological polar surface area (TPSA) is 41.5 Å². The largest absolute Gasteiger partial charge is 0.497 e. The highest BCUT2D eigenvalue weighted by Crippen LogP contribution is 2.26. The van der Waals surface area contributed by atoms with E-state index in [2.05, 4.69) is 5.32 Å². The van der Waals surface area contributed by atoms with Crippen molar-refractivity contribution in [2.45, 2.75) is 31.4 Å². The van der Waals surface area contributed by atoms with E-state index in [9.17, 15) is 5.11 Å². The zero-order chi connectivity index (χ0) is 11.6. The molecule has 0 aliphatic carbocycles. The van der Waals surface area contributed by atoms with Crippen molar-refractivity contribution in [2.75, 3.05) is 13.7 Å². The molecule has 3 nitrogen and oxygen atoms in total. The maximum Gasteiger partial charge on any atom is 0.119 e. The van der Waals surface area contributed by atoms with Crippen molar-refractivity contribution in [3.8, 4) is 5.75 Å². The van der Waals surface area contributed by atoms with Crippen LogP contribution in [-0.4, -0.2) is 30.4 Å². The molecule has 2 atom stereocenters. The first-order chi connectivity index (χ1) is 7.64. The highest BCUT2D eigenvalue weighted by Gasteiger charge is 2.37. The molecule has 1 aromatic rings. The molecule has 0 radical (unpaired) electrons. The molecule has 2 N–H and O–H groups in total.